The third-order valence-corrected chi connectivity index (χ3v) is 5.50. The number of anilines is 1. The molecule has 1 aromatic heterocycles. The van der Waals surface area contributed by atoms with Crippen molar-refractivity contribution in [2.75, 3.05) is 38.2 Å². The van der Waals surface area contributed by atoms with Gasteiger partial charge in [-0.25, -0.2) is 0 Å². The fourth-order valence-corrected chi connectivity index (χ4v) is 3.94. The van der Waals surface area contributed by atoms with Crippen molar-refractivity contribution in [3.05, 3.63) is 46.8 Å². The number of aliphatic imine (C=N–C) groups is 1. The number of ether oxygens (including phenoxy) is 1. The Hall–Kier alpha value is -1.19. The zero-order valence-electron chi connectivity index (χ0n) is 15.4. The highest BCUT2D eigenvalue weighted by atomic mass is 127. The standard InChI is InChI=1S/C19H25ClN4OS.HI/c1-21-19(22-9-12-25-17-5-2-4-15(20)14-17)23-16-7-10-24(11-8-16)18-6-3-13-26-18;/h2-6,13-14,16H,7-12H2,1H3,(H2,21,22,23);1H. The van der Waals surface area contributed by atoms with E-state index in [4.69, 9.17) is 16.3 Å². The fourth-order valence-electron chi connectivity index (χ4n) is 2.98. The van der Waals surface area contributed by atoms with Gasteiger partial charge in [0, 0.05) is 31.2 Å². The molecule has 0 aliphatic carbocycles. The van der Waals surface area contributed by atoms with E-state index in [0.29, 0.717) is 24.2 Å². The fraction of sp³-hybridized carbons (Fsp3) is 0.421. The van der Waals surface area contributed by atoms with Gasteiger partial charge in [-0.15, -0.1) is 35.3 Å². The van der Waals surface area contributed by atoms with E-state index in [1.54, 1.807) is 7.05 Å². The maximum Gasteiger partial charge on any atom is 0.191 e. The Morgan fingerprint density at radius 3 is 2.78 bits per heavy atom. The Balaban J connectivity index is 0.00000261. The summed E-state index contributed by atoms with van der Waals surface area (Å²) in [7, 11) is 1.80. The maximum atomic E-state index is 5.95. The number of benzene rings is 1. The molecule has 2 heterocycles. The molecule has 0 unspecified atom stereocenters. The molecule has 1 aromatic carbocycles. The summed E-state index contributed by atoms with van der Waals surface area (Å²) >= 11 is 7.76. The Morgan fingerprint density at radius 1 is 1.30 bits per heavy atom. The summed E-state index contributed by atoms with van der Waals surface area (Å²) in [6.07, 6.45) is 2.22. The van der Waals surface area contributed by atoms with Gasteiger partial charge in [-0.2, -0.15) is 0 Å². The van der Waals surface area contributed by atoms with E-state index in [2.05, 4.69) is 38.0 Å². The van der Waals surface area contributed by atoms with Crippen molar-refractivity contribution in [3.8, 4) is 5.75 Å². The molecule has 5 nitrogen and oxygen atoms in total. The second-order valence-electron chi connectivity index (χ2n) is 6.16. The average molecular weight is 521 g/mol. The van der Waals surface area contributed by atoms with E-state index >= 15 is 0 Å². The predicted octanol–water partition coefficient (Wildman–Crippen LogP) is 4.23. The third-order valence-electron chi connectivity index (χ3n) is 4.34. The van der Waals surface area contributed by atoms with Crippen LogP contribution in [0.1, 0.15) is 12.8 Å². The van der Waals surface area contributed by atoms with Gasteiger partial charge in [0.1, 0.15) is 12.4 Å². The van der Waals surface area contributed by atoms with Gasteiger partial charge in [0.2, 0.25) is 0 Å². The number of rotatable bonds is 6. The number of hydrogen-bond acceptors (Lipinski definition) is 4. The minimum atomic E-state index is 0. The van der Waals surface area contributed by atoms with Gasteiger partial charge in [0.05, 0.1) is 11.5 Å². The summed E-state index contributed by atoms with van der Waals surface area (Å²) in [5, 5.41) is 11.0. The van der Waals surface area contributed by atoms with Gasteiger partial charge in [-0.1, -0.05) is 17.7 Å². The number of thiophene rings is 1. The summed E-state index contributed by atoms with van der Waals surface area (Å²) in [6.45, 7) is 3.39. The molecule has 3 rings (SSSR count). The lowest BCUT2D eigenvalue weighted by molar-refractivity contribution is 0.321. The van der Waals surface area contributed by atoms with Crippen LogP contribution in [0.5, 0.6) is 5.75 Å². The molecular formula is C19H26ClIN4OS. The molecule has 0 atom stereocenters. The lowest BCUT2D eigenvalue weighted by Gasteiger charge is -2.33. The van der Waals surface area contributed by atoms with Gasteiger partial charge >= 0.3 is 0 Å². The van der Waals surface area contributed by atoms with Crippen LogP contribution in [0.15, 0.2) is 46.8 Å². The Kier molecular flexibility index (Phi) is 9.50. The van der Waals surface area contributed by atoms with Crippen LogP contribution in [0.4, 0.5) is 5.00 Å². The zero-order valence-corrected chi connectivity index (χ0v) is 19.3. The number of guanidine groups is 1. The van der Waals surface area contributed by atoms with Gasteiger partial charge < -0.3 is 20.3 Å². The van der Waals surface area contributed by atoms with E-state index in [1.165, 1.54) is 5.00 Å². The monoisotopic (exact) mass is 520 g/mol. The second-order valence-corrected chi connectivity index (χ2v) is 7.52. The van der Waals surface area contributed by atoms with Crippen LogP contribution in [-0.2, 0) is 0 Å². The Morgan fingerprint density at radius 2 is 2.11 bits per heavy atom. The van der Waals surface area contributed by atoms with E-state index < -0.39 is 0 Å². The predicted molar refractivity (Wildman–Crippen MR) is 126 cm³/mol. The molecule has 8 heteroatoms. The van der Waals surface area contributed by atoms with Crippen LogP contribution in [0.3, 0.4) is 0 Å². The molecule has 0 saturated carbocycles. The van der Waals surface area contributed by atoms with Crippen LogP contribution in [0.25, 0.3) is 0 Å². The second kappa shape index (κ2) is 11.6. The highest BCUT2D eigenvalue weighted by Crippen LogP contribution is 2.24. The van der Waals surface area contributed by atoms with Gasteiger partial charge in [-0.3, -0.25) is 4.99 Å². The van der Waals surface area contributed by atoms with Gasteiger partial charge in [-0.05, 0) is 48.6 Å². The van der Waals surface area contributed by atoms with E-state index in [1.807, 2.05) is 35.6 Å². The number of piperidine rings is 1. The van der Waals surface area contributed by atoms with Crippen molar-refractivity contribution in [1.82, 2.24) is 10.6 Å². The lowest BCUT2D eigenvalue weighted by atomic mass is 10.1. The quantitative estimate of drug-likeness (QED) is 0.259. The smallest absolute Gasteiger partial charge is 0.191 e. The van der Waals surface area contributed by atoms with Crippen molar-refractivity contribution in [2.45, 2.75) is 18.9 Å². The summed E-state index contributed by atoms with van der Waals surface area (Å²) in [4.78, 5) is 6.77. The third kappa shape index (κ3) is 7.04. The van der Waals surface area contributed by atoms with Gasteiger partial charge in [0.15, 0.2) is 5.96 Å². The average Bonchev–Trinajstić information content (AvgIpc) is 3.19. The molecule has 0 radical (unpaired) electrons. The largest absolute Gasteiger partial charge is 0.492 e. The highest BCUT2D eigenvalue weighted by molar-refractivity contribution is 14.0. The minimum Gasteiger partial charge on any atom is -0.492 e. The van der Waals surface area contributed by atoms with Crippen LogP contribution >= 0.6 is 46.9 Å². The molecule has 2 aromatic rings. The number of nitrogens with one attached hydrogen (secondary N) is 2. The molecular weight excluding hydrogens is 495 g/mol. The SMILES string of the molecule is CN=C(NCCOc1cccc(Cl)c1)NC1CCN(c2cccs2)CC1.I. The van der Waals surface area contributed by atoms with E-state index in [9.17, 15) is 0 Å². The normalized spacial score (nSPS) is 15.2. The van der Waals surface area contributed by atoms with Crippen molar-refractivity contribution < 1.29 is 4.74 Å². The van der Waals surface area contributed by atoms with Crippen LogP contribution in [0.2, 0.25) is 5.02 Å². The first-order chi connectivity index (χ1) is 12.7. The van der Waals surface area contributed by atoms with Crippen molar-refractivity contribution >= 4 is 57.9 Å². The molecule has 1 aliphatic heterocycles. The first-order valence-electron chi connectivity index (χ1n) is 8.88. The van der Waals surface area contributed by atoms with Gasteiger partial charge in [0.25, 0.3) is 0 Å². The summed E-state index contributed by atoms with van der Waals surface area (Å²) in [5.74, 6) is 1.61. The molecule has 0 spiro atoms. The first kappa shape index (κ1) is 22.1. The van der Waals surface area contributed by atoms with Crippen LogP contribution < -0.4 is 20.3 Å². The lowest BCUT2D eigenvalue weighted by Crippen LogP contribution is -2.49. The Labute approximate surface area is 187 Å². The molecule has 1 fully saturated rings. The van der Waals surface area contributed by atoms with Crippen molar-refractivity contribution in [1.29, 1.82) is 0 Å². The number of halogens is 2. The molecule has 1 saturated heterocycles. The molecule has 1 aliphatic rings. The summed E-state index contributed by atoms with van der Waals surface area (Å²) in [5.41, 5.74) is 0. The van der Waals surface area contributed by atoms with Crippen molar-refractivity contribution in [2.24, 2.45) is 4.99 Å². The number of hydrogen-bond donors (Lipinski definition) is 2. The Bertz CT molecular complexity index is 705. The minimum absolute atomic E-state index is 0. The molecule has 148 valence electrons. The van der Waals surface area contributed by atoms with E-state index in [0.717, 1.165) is 37.6 Å². The molecule has 27 heavy (non-hydrogen) atoms. The van der Waals surface area contributed by atoms with E-state index in [-0.39, 0.29) is 24.0 Å². The van der Waals surface area contributed by atoms with Crippen LogP contribution in [0, 0.1) is 0 Å². The van der Waals surface area contributed by atoms with Crippen LogP contribution in [-0.4, -0.2) is 45.3 Å². The summed E-state index contributed by atoms with van der Waals surface area (Å²) < 4.78 is 5.69. The summed E-state index contributed by atoms with van der Waals surface area (Å²) in [6, 6.07) is 12.2. The van der Waals surface area contributed by atoms with Crippen molar-refractivity contribution in [3.63, 3.8) is 0 Å². The molecule has 0 bridgehead atoms. The highest BCUT2D eigenvalue weighted by Gasteiger charge is 2.20. The zero-order chi connectivity index (χ0) is 18.2. The molecule has 0 amide bonds. The maximum absolute atomic E-state index is 5.95. The topological polar surface area (TPSA) is 48.9 Å². The first-order valence-corrected chi connectivity index (χ1v) is 10.1. The molecule has 2 N–H and O–H groups in total. The number of nitrogens with zero attached hydrogens (tertiary/aromatic N) is 2.